The molecule has 0 aliphatic heterocycles. The molecule has 0 heterocycles. The Labute approximate surface area is 153 Å². The second kappa shape index (κ2) is 4.96. The summed E-state index contributed by atoms with van der Waals surface area (Å²) in [5.74, 6) is -1.02. The number of fused-ring (bicyclic) bond motifs is 4. The van der Waals surface area contributed by atoms with E-state index in [9.17, 15) is 19.8 Å². The summed E-state index contributed by atoms with van der Waals surface area (Å²) in [6.45, 7) is 8.09. The molecule has 2 N–H and O–H groups in total. The van der Waals surface area contributed by atoms with Gasteiger partial charge in [0.05, 0.1) is 11.4 Å². The minimum Gasteiger partial charge on any atom is -0.481 e. The van der Waals surface area contributed by atoms with Crippen LogP contribution >= 0.6 is 0 Å². The SMILES string of the molecule is CC1(C)[C@@H]2CC[C@]1(C(=O)O)/C(=N/N=C1\C[C@H]3CC[C@@]1(C(=O)O)C3(C)C)C2. The standard InChI is InChI=1S/C20H28N2O4/c1-17(2)11-5-7-19(17,15(23)24)13(9-11)21-22-14-10-12-6-8-20(14,16(25)26)18(12,3)4/h11-12H,5-10H2,1-4H3,(H,23,24)(H,25,26)/b21-13+,22-14+/t11-,12-,19-,20-/m1/s1. The lowest BCUT2D eigenvalue weighted by Gasteiger charge is -2.34. The molecule has 0 aromatic rings. The first-order chi connectivity index (χ1) is 12.0. The smallest absolute Gasteiger partial charge is 0.316 e. The lowest BCUT2D eigenvalue weighted by Crippen LogP contribution is -2.44. The molecule has 0 saturated heterocycles. The van der Waals surface area contributed by atoms with E-state index in [4.69, 9.17) is 0 Å². The molecule has 4 rings (SSSR count). The van der Waals surface area contributed by atoms with E-state index >= 15 is 0 Å². The van der Waals surface area contributed by atoms with Crippen molar-refractivity contribution >= 4 is 23.4 Å². The summed E-state index contributed by atoms with van der Waals surface area (Å²) in [7, 11) is 0. The third-order valence-corrected chi connectivity index (χ3v) is 8.86. The maximum absolute atomic E-state index is 12.2. The molecule has 142 valence electrons. The van der Waals surface area contributed by atoms with Crippen LogP contribution < -0.4 is 0 Å². The Morgan fingerprint density at radius 3 is 1.42 bits per heavy atom. The molecule has 6 heteroatoms. The van der Waals surface area contributed by atoms with Crippen LogP contribution in [0.4, 0.5) is 0 Å². The zero-order valence-corrected chi connectivity index (χ0v) is 16.0. The number of hydrogen-bond acceptors (Lipinski definition) is 4. The fraction of sp³-hybridized carbons (Fsp3) is 0.800. The third-order valence-electron chi connectivity index (χ3n) is 8.86. The molecule has 4 aliphatic carbocycles. The minimum atomic E-state index is -0.953. The van der Waals surface area contributed by atoms with E-state index in [0.717, 1.165) is 12.8 Å². The highest BCUT2D eigenvalue weighted by Crippen LogP contribution is 2.66. The number of aliphatic carboxylic acids is 2. The molecular weight excluding hydrogens is 332 g/mol. The van der Waals surface area contributed by atoms with Gasteiger partial charge in [-0.2, -0.15) is 10.2 Å². The van der Waals surface area contributed by atoms with Crippen LogP contribution in [0.2, 0.25) is 0 Å². The van der Waals surface area contributed by atoms with Crippen LogP contribution in [0.25, 0.3) is 0 Å². The molecule has 0 spiro atoms. The number of nitrogens with zero attached hydrogens (tertiary/aromatic N) is 2. The average molecular weight is 360 g/mol. The summed E-state index contributed by atoms with van der Waals surface area (Å²) in [6.07, 6.45) is 4.32. The summed E-state index contributed by atoms with van der Waals surface area (Å²) >= 11 is 0. The molecule has 4 atom stereocenters. The molecule has 0 amide bonds. The van der Waals surface area contributed by atoms with Crippen LogP contribution in [0.5, 0.6) is 0 Å². The summed E-state index contributed by atoms with van der Waals surface area (Å²) in [5, 5.41) is 28.9. The molecule has 0 aromatic heterocycles. The van der Waals surface area contributed by atoms with Gasteiger partial charge in [-0.25, -0.2) is 0 Å². The molecule has 4 saturated carbocycles. The van der Waals surface area contributed by atoms with Crippen molar-refractivity contribution in [3.8, 4) is 0 Å². The number of carbonyl (C=O) groups is 2. The van der Waals surface area contributed by atoms with Gasteiger partial charge in [0, 0.05) is 0 Å². The van der Waals surface area contributed by atoms with Crippen molar-refractivity contribution in [3.63, 3.8) is 0 Å². The van der Waals surface area contributed by atoms with E-state index in [1.54, 1.807) is 0 Å². The van der Waals surface area contributed by atoms with Crippen LogP contribution in [0, 0.1) is 33.5 Å². The molecular formula is C20H28N2O4. The van der Waals surface area contributed by atoms with E-state index in [1.807, 2.05) is 27.7 Å². The van der Waals surface area contributed by atoms with Gasteiger partial charge in [0.1, 0.15) is 10.8 Å². The van der Waals surface area contributed by atoms with Crippen LogP contribution in [0.15, 0.2) is 10.2 Å². The average Bonchev–Trinajstić information content (AvgIpc) is 3.14. The van der Waals surface area contributed by atoms with Gasteiger partial charge in [-0.05, 0) is 61.2 Å². The van der Waals surface area contributed by atoms with Gasteiger partial charge >= 0.3 is 11.9 Å². The lowest BCUT2D eigenvalue weighted by atomic mass is 9.68. The number of rotatable bonds is 3. The van der Waals surface area contributed by atoms with Gasteiger partial charge in [-0.15, -0.1) is 0 Å². The van der Waals surface area contributed by atoms with Gasteiger partial charge in [-0.1, -0.05) is 27.7 Å². The van der Waals surface area contributed by atoms with Gasteiger partial charge in [0.25, 0.3) is 0 Å². The molecule has 0 radical (unpaired) electrons. The van der Waals surface area contributed by atoms with Gasteiger partial charge in [0.15, 0.2) is 0 Å². The van der Waals surface area contributed by atoms with E-state index in [2.05, 4.69) is 10.2 Å². The molecule has 4 fully saturated rings. The highest BCUT2D eigenvalue weighted by molar-refractivity contribution is 6.12. The fourth-order valence-electron chi connectivity index (χ4n) is 6.79. The van der Waals surface area contributed by atoms with Crippen LogP contribution in [0.1, 0.15) is 66.2 Å². The highest BCUT2D eigenvalue weighted by Gasteiger charge is 2.69. The van der Waals surface area contributed by atoms with E-state index in [-0.39, 0.29) is 10.8 Å². The van der Waals surface area contributed by atoms with Crippen molar-refractivity contribution in [2.75, 3.05) is 0 Å². The predicted octanol–water partition coefficient (Wildman–Crippen LogP) is 3.61. The molecule has 0 aromatic carbocycles. The Morgan fingerprint density at radius 1 is 0.808 bits per heavy atom. The lowest BCUT2D eigenvalue weighted by molar-refractivity contribution is -0.149. The Hall–Kier alpha value is -1.72. The largest absolute Gasteiger partial charge is 0.481 e. The van der Waals surface area contributed by atoms with Crippen LogP contribution in [0.3, 0.4) is 0 Å². The number of hydrogen-bond donors (Lipinski definition) is 2. The summed E-state index contributed by atoms with van der Waals surface area (Å²) in [4.78, 5) is 24.4. The Bertz CT molecular complexity index is 702. The van der Waals surface area contributed by atoms with Gasteiger partial charge in [0.2, 0.25) is 0 Å². The van der Waals surface area contributed by atoms with Crippen molar-refractivity contribution in [1.82, 2.24) is 0 Å². The molecule has 6 nitrogen and oxygen atoms in total. The first-order valence-electron chi connectivity index (χ1n) is 9.63. The fourth-order valence-corrected chi connectivity index (χ4v) is 6.79. The predicted molar refractivity (Wildman–Crippen MR) is 97.3 cm³/mol. The van der Waals surface area contributed by atoms with Crippen molar-refractivity contribution < 1.29 is 19.8 Å². The third kappa shape index (κ3) is 1.69. The second-order valence-electron chi connectivity index (χ2n) is 9.84. The minimum absolute atomic E-state index is 0.308. The van der Waals surface area contributed by atoms with Crippen molar-refractivity contribution in [3.05, 3.63) is 0 Å². The van der Waals surface area contributed by atoms with Crippen molar-refractivity contribution in [2.24, 2.45) is 43.7 Å². The van der Waals surface area contributed by atoms with E-state index in [1.165, 1.54) is 0 Å². The Morgan fingerprint density at radius 2 is 1.15 bits per heavy atom. The first kappa shape index (κ1) is 17.7. The Balaban J connectivity index is 1.77. The topological polar surface area (TPSA) is 99.3 Å². The monoisotopic (exact) mass is 360 g/mol. The van der Waals surface area contributed by atoms with Crippen molar-refractivity contribution in [2.45, 2.75) is 66.2 Å². The molecule has 4 aliphatic rings. The van der Waals surface area contributed by atoms with E-state index in [0.29, 0.717) is 48.9 Å². The number of carboxylic acid groups (broad SMARTS) is 2. The number of carboxylic acids is 2. The maximum Gasteiger partial charge on any atom is 0.316 e. The quantitative estimate of drug-likeness (QED) is 0.751. The molecule has 4 bridgehead atoms. The normalized spacial score (nSPS) is 44.9. The molecule has 0 unspecified atom stereocenters. The van der Waals surface area contributed by atoms with E-state index < -0.39 is 22.8 Å². The maximum atomic E-state index is 12.2. The molecule has 26 heavy (non-hydrogen) atoms. The van der Waals surface area contributed by atoms with Crippen LogP contribution in [-0.2, 0) is 9.59 Å². The Kier molecular flexibility index (Phi) is 3.37. The van der Waals surface area contributed by atoms with Crippen molar-refractivity contribution in [1.29, 1.82) is 0 Å². The van der Waals surface area contributed by atoms with Crippen LogP contribution in [-0.4, -0.2) is 33.6 Å². The summed E-state index contributed by atoms with van der Waals surface area (Å²) in [5.41, 5.74) is -1.30. The first-order valence-corrected chi connectivity index (χ1v) is 9.63. The summed E-state index contributed by atoms with van der Waals surface area (Å²) < 4.78 is 0. The van der Waals surface area contributed by atoms with Gasteiger partial charge in [-0.3, -0.25) is 9.59 Å². The second-order valence-corrected chi connectivity index (χ2v) is 9.84. The summed E-state index contributed by atoms with van der Waals surface area (Å²) in [6, 6.07) is 0. The van der Waals surface area contributed by atoms with Gasteiger partial charge < -0.3 is 10.2 Å². The zero-order valence-electron chi connectivity index (χ0n) is 16.0. The highest BCUT2D eigenvalue weighted by atomic mass is 16.4. The zero-order chi connectivity index (χ0) is 19.1.